The summed E-state index contributed by atoms with van der Waals surface area (Å²) < 4.78 is 0. The van der Waals surface area contributed by atoms with Crippen LogP contribution >= 0.6 is 0 Å². The first-order valence-corrected chi connectivity index (χ1v) is 8.40. The number of benzene rings is 1. The Kier molecular flexibility index (Phi) is 5.90. The van der Waals surface area contributed by atoms with Gasteiger partial charge < -0.3 is 5.32 Å². The maximum atomic E-state index is 12.3. The van der Waals surface area contributed by atoms with Crippen LogP contribution in [0.2, 0.25) is 0 Å². The highest BCUT2D eigenvalue weighted by molar-refractivity contribution is 6.45. The number of imide groups is 2. The Labute approximate surface area is 147 Å². The summed E-state index contributed by atoms with van der Waals surface area (Å²) in [6.07, 6.45) is 1.59. The molecular formula is C18H23N3O4. The van der Waals surface area contributed by atoms with Crippen LogP contribution in [-0.2, 0) is 14.4 Å². The lowest BCUT2D eigenvalue weighted by atomic mass is 10.0. The minimum Gasteiger partial charge on any atom is -0.348 e. The smallest absolute Gasteiger partial charge is 0.334 e. The van der Waals surface area contributed by atoms with E-state index in [1.165, 1.54) is 0 Å². The minimum atomic E-state index is -0.958. The van der Waals surface area contributed by atoms with Crippen LogP contribution in [0.1, 0.15) is 45.2 Å². The van der Waals surface area contributed by atoms with Crippen molar-refractivity contribution in [3.63, 3.8) is 0 Å². The van der Waals surface area contributed by atoms with Crippen molar-refractivity contribution in [2.24, 2.45) is 0 Å². The first-order valence-electron chi connectivity index (χ1n) is 8.40. The lowest BCUT2D eigenvalue weighted by Gasteiger charge is -2.21. The Bertz CT molecular complexity index is 672. The number of urea groups is 1. The molecule has 1 aromatic rings. The standard InChI is InChI=1S/C18H23N3O4/c1-4-8-14(13-9-6-5-7-10-13)19-15(22)11-20-16(23)17(24)21(12(2)3)18(20)25/h5-7,9-10,12,14H,4,8,11H2,1-3H3,(H,19,22)/t14-/m0/s1. The highest BCUT2D eigenvalue weighted by atomic mass is 16.2. The van der Waals surface area contributed by atoms with Crippen LogP contribution in [0.5, 0.6) is 0 Å². The van der Waals surface area contributed by atoms with E-state index < -0.39 is 36.3 Å². The van der Waals surface area contributed by atoms with Crippen molar-refractivity contribution in [3.8, 4) is 0 Å². The van der Waals surface area contributed by atoms with Crippen molar-refractivity contribution >= 4 is 23.8 Å². The lowest BCUT2D eigenvalue weighted by Crippen LogP contribution is -2.43. The molecule has 1 saturated heterocycles. The summed E-state index contributed by atoms with van der Waals surface area (Å²) in [4.78, 5) is 50.0. The van der Waals surface area contributed by atoms with Crippen molar-refractivity contribution < 1.29 is 19.2 Å². The van der Waals surface area contributed by atoms with Crippen LogP contribution in [-0.4, -0.2) is 46.1 Å². The second-order valence-electron chi connectivity index (χ2n) is 6.26. The van der Waals surface area contributed by atoms with Gasteiger partial charge in [0.05, 0.1) is 6.04 Å². The Morgan fingerprint density at radius 3 is 2.24 bits per heavy atom. The van der Waals surface area contributed by atoms with E-state index in [1.54, 1.807) is 13.8 Å². The van der Waals surface area contributed by atoms with E-state index in [1.807, 2.05) is 37.3 Å². The van der Waals surface area contributed by atoms with Crippen molar-refractivity contribution in [2.45, 2.75) is 45.7 Å². The van der Waals surface area contributed by atoms with E-state index >= 15 is 0 Å². The predicted molar refractivity (Wildman–Crippen MR) is 91.3 cm³/mol. The molecule has 1 aromatic carbocycles. The van der Waals surface area contributed by atoms with Gasteiger partial charge in [0.25, 0.3) is 0 Å². The zero-order valence-corrected chi connectivity index (χ0v) is 14.7. The van der Waals surface area contributed by atoms with Gasteiger partial charge in [-0.1, -0.05) is 43.7 Å². The third kappa shape index (κ3) is 4.04. The molecule has 0 saturated carbocycles. The Hall–Kier alpha value is -2.70. The second-order valence-corrected chi connectivity index (χ2v) is 6.26. The van der Waals surface area contributed by atoms with E-state index in [0.29, 0.717) is 4.90 Å². The number of nitrogens with one attached hydrogen (secondary N) is 1. The molecule has 5 amide bonds. The fourth-order valence-corrected chi connectivity index (χ4v) is 2.80. The summed E-state index contributed by atoms with van der Waals surface area (Å²) in [6.45, 7) is 4.83. The summed E-state index contributed by atoms with van der Waals surface area (Å²) in [7, 11) is 0. The van der Waals surface area contributed by atoms with Crippen molar-refractivity contribution in [1.82, 2.24) is 15.1 Å². The van der Waals surface area contributed by atoms with Crippen LogP contribution in [0.15, 0.2) is 30.3 Å². The number of carbonyl (C=O) groups is 4. The first-order chi connectivity index (χ1) is 11.9. The maximum Gasteiger partial charge on any atom is 0.334 e. The molecule has 0 spiro atoms. The van der Waals surface area contributed by atoms with Crippen LogP contribution in [0, 0.1) is 0 Å². The largest absolute Gasteiger partial charge is 0.348 e. The Morgan fingerprint density at radius 1 is 1.08 bits per heavy atom. The predicted octanol–water partition coefficient (Wildman–Crippen LogP) is 1.84. The number of hydrogen-bond donors (Lipinski definition) is 1. The Morgan fingerprint density at radius 2 is 1.72 bits per heavy atom. The van der Waals surface area contributed by atoms with Gasteiger partial charge in [-0.15, -0.1) is 0 Å². The van der Waals surface area contributed by atoms with Crippen molar-refractivity contribution in [2.75, 3.05) is 6.54 Å². The van der Waals surface area contributed by atoms with Gasteiger partial charge in [-0.2, -0.15) is 0 Å². The topological polar surface area (TPSA) is 86.8 Å². The van der Waals surface area contributed by atoms with Gasteiger partial charge in [-0.05, 0) is 25.8 Å². The van der Waals surface area contributed by atoms with Gasteiger partial charge in [-0.3, -0.25) is 19.3 Å². The van der Waals surface area contributed by atoms with Crippen molar-refractivity contribution in [1.29, 1.82) is 0 Å². The van der Waals surface area contributed by atoms with Gasteiger partial charge in [0.2, 0.25) is 5.91 Å². The van der Waals surface area contributed by atoms with E-state index in [9.17, 15) is 19.2 Å². The molecule has 1 N–H and O–H groups in total. The summed E-state index contributed by atoms with van der Waals surface area (Å²) >= 11 is 0. The van der Waals surface area contributed by atoms with Crippen molar-refractivity contribution in [3.05, 3.63) is 35.9 Å². The molecule has 134 valence electrons. The fourth-order valence-electron chi connectivity index (χ4n) is 2.80. The molecule has 0 aliphatic carbocycles. The number of nitrogens with zero attached hydrogens (tertiary/aromatic N) is 2. The molecule has 1 atom stereocenters. The van der Waals surface area contributed by atoms with E-state index in [2.05, 4.69) is 5.32 Å². The molecule has 1 fully saturated rings. The quantitative estimate of drug-likeness (QED) is 0.603. The molecule has 1 heterocycles. The summed E-state index contributed by atoms with van der Waals surface area (Å²) in [5, 5.41) is 2.85. The zero-order chi connectivity index (χ0) is 18.6. The summed E-state index contributed by atoms with van der Waals surface area (Å²) in [6, 6.07) is 8.10. The van der Waals surface area contributed by atoms with E-state index in [4.69, 9.17) is 0 Å². The summed E-state index contributed by atoms with van der Waals surface area (Å²) in [5.74, 6) is -2.32. The average molecular weight is 345 g/mol. The number of carbonyl (C=O) groups excluding carboxylic acids is 4. The van der Waals surface area contributed by atoms with E-state index in [0.717, 1.165) is 23.3 Å². The lowest BCUT2D eigenvalue weighted by molar-refractivity contribution is -0.144. The normalized spacial score (nSPS) is 15.9. The van der Waals surface area contributed by atoms with Gasteiger partial charge in [0, 0.05) is 6.04 Å². The van der Waals surface area contributed by atoms with E-state index in [-0.39, 0.29) is 6.04 Å². The monoisotopic (exact) mass is 345 g/mol. The minimum absolute atomic E-state index is 0.205. The third-order valence-electron chi connectivity index (χ3n) is 4.02. The van der Waals surface area contributed by atoms with Crippen LogP contribution in [0.3, 0.4) is 0 Å². The molecule has 1 aliphatic heterocycles. The molecule has 0 unspecified atom stereocenters. The van der Waals surface area contributed by atoms with Gasteiger partial charge in [0.1, 0.15) is 6.54 Å². The van der Waals surface area contributed by atoms with Gasteiger partial charge >= 0.3 is 17.8 Å². The summed E-state index contributed by atoms with van der Waals surface area (Å²) in [5.41, 5.74) is 0.955. The molecule has 7 heteroatoms. The molecule has 0 bridgehead atoms. The van der Waals surface area contributed by atoms with Crippen LogP contribution < -0.4 is 5.32 Å². The maximum absolute atomic E-state index is 12.3. The molecule has 2 rings (SSSR count). The second kappa shape index (κ2) is 7.92. The van der Waals surface area contributed by atoms with Crippen LogP contribution in [0.4, 0.5) is 4.79 Å². The molecule has 0 radical (unpaired) electrons. The molecular weight excluding hydrogens is 322 g/mol. The first kappa shape index (κ1) is 18.6. The van der Waals surface area contributed by atoms with Gasteiger partial charge in [0.15, 0.2) is 0 Å². The molecule has 1 aliphatic rings. The highest BCUT2D eigenvalue weighted by Crippen LogP contribution is 2.19. The molecule has 7 nitrogen and oxygen atoms in total. The van der Waals surface area contributed by atoms with Crippen LogP contribution in [0.25, 0.3) is 0 Å². The number of amides is 5. The average Bonchev–Trinajstić information content (AvgIpc) is 2.79. The number of rotatable bonds is 7. The number of hydrogen-bond acceptors (Lipinski definition) is 4. The zero-order valence-electron chi connectivity index (χ0n) is 14.7. The highest BCUT2D eigenvalue weighted by Gasteiger charge is 2.46. The van der Waals surface area contributed by atoms with Gasteiger partial charge in [-0.25, -0.2) is 9.69 Å². The molecule has 25 heavy (non-hydrogen) atoms. The fraction of sp³-hybridized carbons (Fsp3) is 0.444. The SMILES string of the molecule is CCC[C@H](NC(=O)CN1C(=O)C(=O)N(C(C)C)C1=O)c1ccccc1. The molecule has 0 aromatic heterocycles. The Balaban J connectivity index is 2.07. The third-order valence-corrected chi connectivity index (χ3v) is 4.02.